The number of benzene rings is 3. The van der Waals surface area contributed by atoms with E-state index in [2.05, 4.69) is 10.3 Å². The minimum Gasteiger partial charge on any atom is -0.481 e. The third-order valence-corrected chi connectivity index (χ3v) is 8.14. The number of ether oxygens (including phenoxy) is 1. The molecule has 2 N–H and O–H groups in total. The lowest BCUT2D eigenvalue weighted by atomic mass is 9.86. The molecule has 3 atom stereocenters. The second-order valence-corrected chi connectivity index (χ2v) is 10.8. The van der Waals surface area contributed by atoms with Crippen molar-refractivity contribution in [2.24, 2.45) is 5.92 Å². The number of carbonyl (C=O) groups is 2. The number of anilines is 2. The molecule has 2 heterocycles. The van der Waals surface area contributed by atoms with Crippen LogP contribution in [0.2, 0.25) is 0 Å². The number of carbonyl (C=O) groups excluding carboxylic acids is 1. The van der Waals surface area contributed by atoms with Crippen LogP contribution in [0.1, 0.15) is 44.1 Å². The van der Waals surface area contributed by atoms with Gasteiger partial charge >= 0.3 is 11.9 Å². The first-order valence-electron chi connectivity index (χ1n) is 14.0. The van der Waals surface area contributed by atoms with E-state index >= 15 is 8.78 Å². The van der Waals surface area contributed by atoms with E-state index in [0.717, 1.165) is 16.5 Å². The van der Waals surface area contributed by atoms with Crippen LogP contribution < -0.4 is 5.32 Å². The number of alkyl halides is 1. The van der Waals surface area contributed by atoms with Gasteiger partial charge in [0.2, 0.25) is 5.78 Å². The van der Waals surface area contributed by atoms with E-state index in [-0.39, 0.29) is 22.7 Å². The number of likely N-dealkylation sites (tertiary alicyclic amines) is 1. The predicted molar refractivity (Wildman–Crippen MR) is 149 cm³/mol. The molecule has 10 heteroatoms. The number of hydrogen-bond acceptors (Lipinski definition) is 7. The first-order valence-corrected chi connectivity index (χ1v) is 14.0. The number of hydrogen-bond donors (Lipinski definition) is 2. The molecule has 2 aliphatic rings. The molecule has 8 nitrogen and oxygen atoms in total. The fourth-order valence-corrected chi connectivity index (χ4v) is 5.96. The molecular formula is C31H31F2N3O5. The van der Waals surface area contributed by atoms with Crippen molar-refractivity contribution in [2.75, 3.05) is 18.4 Å². The van der Waals surface area contributed by atoms with E-state index in [1.165, 1.54) is 17.0 Å². The highest BCUT2D eigenvalue weighted by molar-refractivity contribution is 5.95. The predicted octanol–water partition coefficient (Wildman–Crippen LogP) is 6.35. The number of oxazole rings is 1. The number of fused-ring (bicyclic) bond motifs is 2. The van der Waals surface area contributed by atoms with Gasteiger partial charge in [-0.15, -0.1) is 0 Å². The van der Waals surface area contributed by atoms with E-state index in [1.807, 2.05) is 42.5 Å². The quantitative estimate of drug-likeness (QED) is 0.227. The smallest absolute Gasteiger partial charge is 0.330 e. The number of halogens is 2. The summed E-state index contributed by atoms with van der Waals surface area (Å²) in [5.41, 5.74) is 0.773. The Hall–Kier alpha value is -3.89. The van der Waals surface area contributed by atoms with Crippen LogP contribution in [0.25, 0.3) is 21.9 Å². The second-order valence-electron chi connectivity index (χ2n) is 10.8. The summed E-state index contributed by atoms with van der Waals surface area (Å²) in [7, 11) is 0. The lowest BCUT2D eigenvalue weighted by Gasteiger charge is -2.39. The van der Waals surface area contributed by atoms with Gasteiger partial charge in [-0.25, -0.2) is 9.29 Å². The van der Waals surface area contributed by atoms with Crippen molar-refractivity contribution in [3.05, 3.63) is 66.0 Å². The van der Waals surface area contributed by atoms with E-state index in [0.29, 0.717) is 51.6 Å². The molecule has 4 aromatic rings. The average molecular weight is 564 g/mol. The lowest BCUT2D eigenvalue weighted by molar-refractivity contribution is -0.258. The maximum absolute atomic E-state index is 16.6. The summed E-state index contributed by atoms with van der Waals surface area (Å²) in [4.78, 5) is 31.0. The van der Waals surface area contributed by atoms with Gasteiger partial charge in [0.05, 0.1) is 17.7 Å². The van der Waals surface area contributed by atoms with E-state index in [4.69, 9.17) is 9.15 Å². The normalized spacial score (nSPS) is 21.2. The summed E-state index contributed by atoms with van der Waals surface area (Å²) in [5, 5.41) is 14.7. The third kappa shape index (κ3) is 5.29. The Labute approximate surface area is 235 Å². The zero-order valence-corrected chi connectivity index (χ0v) is 22.4. The fourth-order valence-electron chi connectivity index (χ4n) is 5.96. The molecular weight excluding hydrogens is 532 g/mol. The molecule has 0 radical (unpaired) electrons. The van der Waals surface area contributed by atoms with Gasteiger partial charge in [0, 0.05) is 24.9 Å². The molecule has 0 amide bonds. The number of rotatable bonds is 9. The third-order valence-electron chi connectivity index (χ3n) is 8.14. The SMILES string of the molecule is O=C(O)C1CCCCC1OC(F)(C(=O)Cc1ccc2nc(Nc3cccc4ccccc34)oc2c1F)N1CCCC1. The number of aliphatic carboxylic acids is 1. The Morgan fingerprint density at radius 3 is 2.61 bits per heavy atom. The topological polar surface area (TPSA) is 105 Å². The molecule has 0 bridgehead atoms. The fraction of sp³-hybridized carbons (Fsp3) is 0.387. The molecule has 0 spiro atoms. The molecule has 214 valence electrons. The zero-order valence-electron chi connectivity index (χ0n) is 22.4. The van der Waals surface area contributed by atoms with E-state index in [9.17, 15) is 14.7 Å². The monoisotopic (exact) mass is 563 g/mol. The summed E-state index contributed by atoms with van der Waals surface area (Å²) >= 11 is 0. The molecule has 2 fully saturated rings. The maximum atomic E-state index is 16.6. The molecule has 3 unspecified atom stereocenters. The summed E-state index contributed by atoms with van der Waals surface area (Å²) in [6, 6.07) is 16.5. The van der Waals surface area contributed by atoms with Crippen LogP contribution in [0, 0.1) is 11.7 Å². The standard InChI is InChI=1S/C31H31F2N3O5/c32-27-20(14-15-24-28(27)40-30(35-24)34-23-12-7-9-19-8-1-2-10-21(19)23)18-26(37)31(33,36-16-5-6-17-36)41-25-13-4-3-11-22(25)29(38)39/h1-2,7-10,12,14-15,22,25H,3-6,11,13,16-18H2,(H,34,35)(H,38,39). The van der Waals surface area contributed by atoms with Crippen molar-refractivity contribution in [2.45, 2.75) is 57.0 Å². The van der Waals surface area contributed by atoms with Crippen LogP contribution in [0.15, 0.2) is 59.0 Å². The number of carboxylic acid groups (broad SMARTS) is 1. The number of Topliss-reactive ketones (excluding diaryl/α,β-unsaturated/α-hetero) is 1. The van der Waals surface area contributed by atoms with E-state index in [1.54, 1.807) is 0 Å². The molecule has 1 aromatic heterocycles. The van der Waals surface area contributed by atoms with Crippen molar-refractivity contribution >= 4 is 45.3 Å². The molecule has 1 saturated carbocycles. The summed E-state index contributed by atoms with van der Waals surface area (Å²) in [6.45, 7) is 0.582. The number of aromatic nitrogens is 1. The van der Waals surface area contributed by atoms with Crippen LogP contribution in [0.3, 0.4) is 0 Å². The highest BCUT2D eigenvalue weighted by Gasteiger charge is 2.50. The first kappa shape index (κ1) is 27.3. The van der Waals surface area contributed by atoms with Crippen molar-refractivity contribution in [3.63, 3.8) is 0 Å². The Bertz CT molecular complexity index is 1600. The van der Waals surface area contributed by atoms with Crippen LogP contribution in [-0.4, -0.2) is 51.9 Å². The van der Waals surface area contributed by atoms with Crippen molar-refractivity contribution < 1.29 is 32.6 Å². The minimum atomic E-state index is -2.85. The number of carboxylic acids is 1. The molecule has 1 aliphatic heterocycles. The minimum absolute atomic E-state index is 0.0568. The second kappa shape index (κ2) is 11.2. The van der Waals surface area contributed by atoms with Gasteiger partial charge < -0.3 is 19.6 Å². The molecule has 41 heavy (non-hydrogen) atoms. The summed E-state index contributed by atoms with van der Waals surface area (Å²) in [6.07, 6.45) is 1.91. The Morgan fingerprint density at radius 2 is 1.80 bits per heavy atom. The van der Waals surface area contributed by atoms with Crippen LogP contribution in [-0.2, 0) is 20.7 Å². The van der Waals surface area contributed by atoms with Crippen LogP contribution in [0.5, 0.6) is 0 Å². The molecule has 1 saturated heterocycles. The van der Waals surface area contributed by atoms with Crippen molar-refractivity contribution in [1.29, 1.82) is 0 Å². The number of ketones is 1. The highest BCUT2D eigenvalue weighted by Crippen LogP contribution is 2.36. The maximum Gasteiger partial charge on any atom is 0.330 e. The van der Waals surface area contributed by atoms with Gasteiger partial charge in [0.25, 0.3) is 6.01 Å². The molecule has 1 aliphatic carbocycles. The Kier molecular flexibility index (Phi) is 7.44. The summed E-state index contributed by atoms with van der Waals surface area (Å²) in [5.74, 6) is -6.60. The van der Waals surface area contributed by atoms with Crippen molar-refractivity contribution in [3.8, 4) is 0 Å². The Balaban J connectivity index is 1.26. The van der Waals surface area contributed by atoms with Gasteiger partial charge in [0.15, 0.2) is 11.4 Å². The largest absolute Gasteiger partial charge is 0.481 e. The summed E-state index contributed by atoms with van der Waals surface area (Å²) < 4.78 is 43.7. The number of nitrogens with zero attached hydrogens (tertiary/aromatic N) is 2. The average Bonchev–Trinajstić information content (AvgIpc) is 3.66. The number of nitrogens with one attached hydrogen (secondary N) is 1. The van der Waals surface area contributed by atoms with Crippen LogP contribution in [0.4, 0.5) is 20.5 Å². The molecule has 6 rings (SSSR count). The van der Waals surface area contributed by atoms with Crippen LogP contribution >= 0.6 is 0 Å². The Morgan fingerprint density at radius 1 is 1.05 bits per heavy atom. The zero-order chi connectivity index (χ0) is 28.6. The first-order chi connectivity index (χ1) is 19.8. The van der Waals surface area contributed by atoms with E-state index < -0.39 is 42.0 Å². The lowest BCUT2D eigenvalue weighted by Crippen LogP contribution is -2.56. The van der Waals surface area contributed by atoms with Crippen molar-refractivity contribution in [1.82, 2.24) is 9.88 Å². The van der Waals surface area contributed by atoms with Gasteiger partial charge in [-0.05, 0) is 48.8 Å². The van der Waals surface area contributed by atoms with Gasteiger partial charge in [-0.1, -0.05) is 55.3 Å². The molecule has 3 aromatic carbocycles. The van der Waals surface area contributed by atoms with Gasteiger partial charge in [0.1, 0.15) is 5.52 Å². The van der Waals surface area contributed by atoms with Gasteiger partial charge in [-0.3, -0.25) is 9.59 Å². The highest BCUT2D eigenvalue weighted by atomic mass is 19.2. The van der Waals surface area contributed by atoms with Gasteiger partial charge in [-0.2, -0.15) is 9.37 Å².